The van der Waals surface area contributed by atoms with E-state index < -0.39 is 17.5 Å². The van der Waals surface area contributed by atoms with E-state index in [2.05, 4.69) is 10.6 Å². The largest absolute Gasteiger partial charge is 0.454 e. The molecule has 0 spiro atoms. The van der Waals surface area contributed by atoms with Gasteiger partial charge in [0.05, 0.1) is 0 Å². The lowest BCUT2D eigenvalue weighted by Gasteiger charge is -2.22. The van der Waals surface area contributed by atoms with E-state index in [0.717, 1.165) is 10.5 Å². The number of imide groups is 1. The van der Waals surface area contributed by atoms with Crippen LogP contribution in [0.1, 0.15) is 33.3 Å². The first-order valence-corrected chi connectivity index (χ1v) is 9.01. The molecule has 2 atom stereocenters. The quantitative estimate of drug-likeness (QED) is 0.733. The minimum absolute atomic E-state index is 0.0433. The number of hydrogen-bond acceptors (Lipinski definition) is 5. The zero-order chi connectivity index (χ0) is 19.8. The van der Waals surface area contributed by atoms with Gasteiger partial charge in [0.2, 0.25) is 12.7 Å². The average Bonchev–Trinajstić information content (AvgIpc) is 3.13. The summed E-state index contributed by atoms with van der Waals surface area (Å²) >= 11 is 0. The highest BCUT2D eigenvalue weighted by Gasteiger charge is 2.48. The molecule has 0 bridgehead atoms. The molecule has 8 nitrogen and oxygen atoms in total. The molecule has 1 fully saturated rings. The number of amides is 4. The number of ether oxygens (including phenoxy) is 2. The minimum Gasteiger partial charge on any atom is -0.454 e. The molecule has 0 aliphatic carbocycles. The molecule has 146 valence electrons. The molecule has 8 heteroatoms. The first-order valence-electron chi connectivity index (χ1n) is 9.01. The molecule has 1 aromatic rings. The summed E-state index contributed by atoms with van der Waals surface area (Å²) in [6.45, 7) is 7.40. The van der Waals surface area contributed by atoms with E-state index in [-0.39, 0.29) is 37.6 Å². The zero-order valence-corrected chi connectivity index (χ0v) is 16.0. The lowest BCUT2D eigenvalue weighted by molar-refractivity contribution is -0.134. The molecule has 4 amide bonds. The van der Waals surface area contributed by atoms with Crippen LogP contribution in [0, 0.1) is 5.92 Å². The third kappa shape index (κ3) is 3.84. The van der Waals surface area contributed by atoms with Gasteiger partial charge >= 0.3 is 6.03 Å². The van der Waals surface area contributed by atoms with E-state index in [4.69, 9.17) is 9.47 Å². The molecule has 3 rings (SSSR count). The number of fused-ring (bicyclic) bond motifs is 1. The average molecular weight is 375 g/mol. The van der Waals surface area contributed by atoms with Crippen LogP contribution in [0.3, 0.4) is 0 Å². The summed E-state index contributed by atoms with van der Waals surface area (Å²) in [5.41, 5.74) is -0.288. The maximum atomic E-state index is 12.8. The molecule has 2 aliphatic heterocycles. The van der Waals surface area contributed by atoms with Crippen LogP contribution in [0.4, 0.5) is 4.79 Å². The fourth-order valence-electron chi connectivity index (χ4n) is 3.08. The van der Waals surface area contributed by atoms with Crippen molar-refractivity contribution in [2.24, 2.45) is 5.92 Å². The van der Waals surface area contributed by atoms with Crippen molar-refractivity contribution in [2.45, 2.75) is 45.7 Å². The number of benzene rings is 1. The van der Waals surface area contributed by atoms with Crippen molar-refractivity contribution in [3.8, 4) is 11.5 Å². The van der Waals surface area contributed by atoms with Gasteiger partial charge in [0.1, 0.15) is 12.1 Å². The number of rotatable bonds is 6. The lowest BCUT2D eigenvalue weighted by Crippen LogP contribution is -2.47. The second-order valence-corrected chi connectivity index (χ2v) is 7.62. The van der Waals surface area contributed by atoms with Crippen LogP contribution in [0.5, 0.6) is 11.5 Å². The molecule has 1 saturated heterocycles. The van der Waals surface area contributed by atoms with Crippen LogP contribution >= 0.6 is 0 Å². The molecule has 0 aromatic heterocycles. The smallest absolute Gasteiger partial charge is 0.325 e. The minimum atomic E-state index is -1.12. The third-order valence-electron chi connectivity index (χ3n) is 5.03. The van der Waals surface area contributed by atoms with Gasteiger partial charge in [-0.25, -0.2) is 4.79 Å². The number of nitrogens with one attached hydrogen (secondary N) is 2. The molecule has 27 heavy (non-hydrogen) atoms. The Bertz CT molecular complexity index is 779. The molecule has 0 unspecified atom stereocenters. The van der Waals surface area contributed by atoms with Crippen LogP contribution in [-0.4, -0.2) is 47.7 Å². The number of carbonyl (C=O) groups excluding carboxylic acids is 3. The van der Waals surface area contributed by atoms with Gasteiger partial charge in [-0.3, -0.25) is 14.5 Å². The fourth-order valence-corrected chi connectivity index (χ4v) is 3.08. The van der Waals surface area contributed by atoms with Gasteiger partial charge in [-0.2, -0.15) is 0 Å². The maximum absolute atomic E-state index is 12.8. The summed E-state index contributed by atoms with van der Waals surface area (Å²) in [6.07, 6.45) is 0.286. The molecule has 0 radical (unpaired) electrons. The summed E-state index contributed by atoms with van der Waals surface area (Å²) in [6, 6.07) is 4.81. The van der Waals surface area contributed by atoms with Crippen molar-refractivity contribution >= 4 is 17.8 Å². The van der Waals surface area contributed by atoms with E-state index in [1.165, 1.54) is 0 Å². The maximum Gasteiger partial charge on any atom is 0.325 e. The highest BCUT2D eigenvalue weighted by atomic mass is 16.7. The Morgan fingerprint density at radius 2 is 1.96 bits per heavy atom. The van der Waals surface area contributed by atoms with E-state index in [1.807, 2.05) is 26.8 Å². The summed E-state index contributed by atoms with van der Waals surface area (Å²) in [5, 5.41) is 5.52. The highest BCUT2D eigenvalue weighted by Crippen LogP contribution is 2.34. The zero-order valence-electron chi connectivity index (χ0n) is 16.0. The summed E-state index contributed by atoms with van der Waals surface area (Å²) in [5.74, 6) is 0.757. The molecule has 2 N–H and O–H groups in total. The third-order valence-corrected chi connectivity index (χ3v) is 5.03. The number of carbonyl (C=O) groups is 3. The molecule has 1 aromatic carbocycles. The van der Waals surface area contributed by atoms with Crippen LogP contribution in [0.25, 0.3) is 0 Å². The van der Waals surface area contributed by atoms with E-state index >= 15 is 0 Å². The number of urea groups is 1. The summed E-state index contributed by atoms with van der Waals surface area (Å²) in [4.78, 5) is 38.3. The predicted octanol–water partition coefficient (Wildman–Crippen LogP) is 1.43. The fraction of sp³-hybridized carbons (Fsp3) is 0.526. The summed E-state index contributed by atoms with van der Waals surface area (Å²) in [7, 11) is 0. The van der Waals surface area contributed by atoms with Crippen molar-refractivity contribution in [2.75, 3.05) is 13.3 Å². The van der Waals surface area contributed by atoms with Crippen molar-refractivity contribution in [3.63, 3.8) is 0 Å². The lowest BCUT2D eigenvalue weighted by atomic mass is 9.92. The Hall–Kier alpha value is -2.77. The second-order valence-electron chi connectivity index (χ2n) is 7.62. The topological polar surface area (TPSA) is 97.0 Å². The van der Waals surface area contributed by atoms with Crippen molar-refractivity contribution in [1.82, 2.24) is 15.5 Å². The molecule has 2 heterocycles. The van der Waals surface area contributed by atoms with Crippen molar-refractivity contribution < 1.29 is 23.9 Å². The first kappa shape index (κ1) is 19.0. The van der Waals surface area contributed by atoms with Gasteiger partial charge in [0, 0.05) is 12.5 Å². The first-order chi connectivity index (χ1) is 12.7. The van der Waals surface area contributed by atoms with E-state index in [1.54, 1.807) is 19.1 Å². The van der Waals surface area contributed by atoms with E-state index in [9.17, 15) is 14.4 Å². The van der Waals surface area contributed by atoms with Crippen LogP contribution in [0.2, 0.25) is 0 Å². The SMILES string of the molecule is CC(C)[C@@H](C)NC(=O)CN1C(=O)N[C@@](C)(Cc2ccc3c(c2)OCO3)C1=O. The normalized spacial score (nSPS) is 22.2. The molecular formula is C19H25N3O5. The van der Waals surface area contributed by atoms with Gasteiger partial charge in [-0.15, -0.1) is 0 Å². The van der Waals surface area contributed by atoms with Gasteiger partial charge in [-0.1, -0.05) is 19.9 Å². The van der Waals surface area contributed by atoms with Gasteiger partial charge in [-0.05, 0) is 37.5 Å². The monoisotopic (exact) mass is 375 g/mol. The standard InChI is InChI=1S/C19H25N3O5/c1-11(2)12(3)20-16(23)9-22-17(24)19(4,21-18(22)25)8-13-5-6-14-15(7-13)27-10-26-14/h5-7,11-12H,8-10H2,1-4H3,(H,20,23)(H,21,25)/t12-,19+/m1/s1. The van der Waals surface area contributed by atoms with Crippen molar-refractivity contribution in [3.05, 3.63) is 23.8 Å². The van der Waals surface area contributed by atoms with Gasteiger partial charge in [0.25, 0.3) is 5.91 Å². The Balaban J connectivity index is 1.68. The predicted molar refractivity (Wildman–Crippen MR) is 97.4 cm³/mol. The van der Waals surface area contributed by atoms with Crippen LogP contribution < -0.4 is 20.1 Å². The molecule has 0 saturated carbocycles. The highest BCUT2D eigenvalue weighted by molar-refractivity contribution is 6.09. The van der Waals surface area contributed by atoms with E-state index in [0.29, 0.717) is 11.5 Å². The van der Waals surface area contributed by atoms with Crippen molar-refractivity contribution in [1.29, 1.82) is 0 Å². The van der Waals surface area contributed by atoms with Gasteiger partial charge in [0.15, 0.2) is 11.5 Å². The Labute approximate surface area is 158 Å². The van der Waals surface area contributed by atoms with Gasteiger partial charge < -0.3 is 20.1 Å². The van der Waals surface area contributed by atoms with Crippen LogP contribution in [0.15, 0.2) is 18.2 Å². The van der Waals surface area contributed by atoms with Crippen LogP contribution in [-0.2, 0) is 16.0 Å². The Morgan fingerprint density at radius 1 is 1.26 bits per heavy atom. The second kappa shape index (κ2) is 7.09. The number of nitrogens with zero attached hydrogens (tertiary/aromatic N) is 1. The summed E-state index contributed by atoms with van der Waals surface area (Å²) < 4.78 is 10.6. The Morgan fingerprint density at radius 3 is 2.67 bits per heavy atom. The molecule has 2 aliphatic rings. The number of hydrogen-bond donors (Lipinski definition) is 2. The molecular weight excluding hydrogens is 350 g/mol. The Kier molecular flexibility index (Phi) is 4.99.